The van der Waals surface area contributed by atoms with Crippen molar-refractivity contribution in [3.63, 3.8) is 0 Å². The van der Waals surface area contributed by atoms with E-state index in [-0.39, 0.29) is 5.92 Å². The van der Waals surface area contributed by atoms with Crippen LogP contribution in [0.5, 0.6) is 5.75 Å². The summed E-state index contributed by atoms with van der Waals surface area (Å²) in [6, 6.07) is 20.8. The van der Waals surface area contributed by atoms with Crippen molar-refractivity contribution < 1.29 is 14.6 Å². The van der Waals surface area contributed by atoms with Gasteiger partial charge in [-0.3, -0.25) is 9.69 Å². The molecule has 1 aliphatic heterocycles. The van der Waals surface area contributed by atoms with E-state index in [1.807, 2.05) is 18.2 Å². The first-order valence-electron chi connectivity index (χ1n) is 10.9. The van der Waals surface area contributed by atoms with E-state index in [9.17, 15) is 4.79 Å². The van der Waals surface area contributed by atoms with Gasteiger partial charge in [0.25, 0.3) is 0 Å². The summed E-state index contributed by atoms with van der Waals surface area (Å²) in [4.78, 5) is 13.5. The third kappa shape index (κ3) is 5.99. The highest BCUT2D eigenvalue weighted by atomic mass is 35.5. The standard InChI is InChI=1S/C26H28ClNO3/c27-24-8-4-19(5-9-24)2-1-15-31-25-10-7-22-16-20(3-6-23(22)17-25)18-28-13-11-21(12-14-28)26(29)30/h3-10,16-17,21H,1-2,11-15,18H2,(H,29,30). The number of rotatable bonds is 8. The van der Waals surface area contributed by atoms with Crippen molar-refractivity contribution in [2.75, 3.05) is 19.7 Å². The normalized spacial score (nSPS) is 15.3. The highest BCUT2D eigenvalue weighted by molar-refractivity contribution is 6.30. The summed E-state index contributed by atoms with van der Waals surface area (Å²) < 4.78 is 5.96. The number of aliphatic carboxylic acids is 1. The number of fused-ring (bicyclic) bond motifs is 1. The first kappa shape index (κ1) is 21.7. The summed E-state index contributed by atoms with van der Waals surface area (Å²) in [6.45, 7) is 3.24. The van der Waals surface area contributed by atoms with Crippen LogP contribution in [-0.2, 0) is 17.8 Å². The monoisotopic (exact) mass is 437 g/mol. The van der Waals surface area contributed by atoms with Gasteiger partial charge in [0.1, 0.15) is 5.75 Å². The molecule has 0 saturated carbocycles. The molecule has 0 unspecified atom stereocenters. The first-order valence-corrected chi connectivity index (χ1v) is 11.3. The fourth-order valence-electron chi connectivity index (χ4n) is 4.18. The molecule has 162 valence electrons. The van der Waals surface area contributed by atoms with Crippen molar-refractivity contribution in [3.05, 3.63) is 76.8 Å². The minimum atomic E-state index is -0.659. The predicted molar refractivity (Wildman–Crippen MR) is 125 cm³/mol. The van der Waals surface area contributed by atoms with Gasteiger partial charge in [-0.25, -0.2) is 0 Å². The van der Waals surface area contributed by atoms with Gasteiger partial charge in [-0.05, 0) is 91.0 Å². The Morgan fingerprint density at radius 2 is 1.65 bits per heavy atom. The fourth-order valence-corrected chi connectivity index (χ4v) is 4.30. The molecule has 0 spiro atoms. The van der Waals surface area contributed by atoms with Crippen LogP contribution in [0.2, 0.25) is 5.02 Å². The van der Waals surface area contributed by atoms with Gasteiger partial charge in [0, 0.05) is 11.6 Å². The number of carboxylic acids is 1. The van der Waals surface area contributed by atoms with Crippen molar-refractivity contribution >= 4 is 28.3 Å². The number of carbonyl (C=O) groups is 1. The molecule has 0 aromatic heterocycles. The Balaban J connectivity index is 1.28. The summed E-state index contributed by atoms with van der Waals surface area (Å²) in [5.41, 5.74) is 2.53. The van der Waals surface area contributed by atoms with Crippen LogP contribution in [0.4, 0.5) is 0 Å². The number of hydrogen-bond acceptors (Lipinski definition) is 3. The Morgan fingerprint density at radius 3 is 2.39 bits per heavy atom. The molecule has 3 aromatic carbocycles. The van der Waals surface area contributed by atoms with E-state index in [1.54, 1.807) is 0 Å². The summed E-state index contributed by atoms with van der Waals surface area (Å²) in [5, 5.41) is 12.3. The largest absolute Gasteiger partial charge is 0.494 e. The molecule has 0 atom stereocenters. The van der Waals surface area contributed by atoms with Gasteiger partial charge in [0.2, 0.25) is 0 Å². The average Bonchev–Trinajstić information content (AvgIpc) is 2.78. The van der Waals surface area contributed by atoms with Crippen molar-refractivity contribution in [1.82, 2.24) is 4.90 Å². The van der Waals surface area contributed by atoms with Crippen LogP contribution in [0.3, 0.4) is 0 Å². The smallest absolute Gasteiger partial charge is 0.306 e. The summed E-state index contributed by atoms with van der Waals surface area (Å²) in [5.74, 6) is 0.0536. The van der Waals surface area contributed by atoms with E-state index in [0.717, 1.165) is 56.1 Å². The number of nitrogens with zero attached hydrogens (tertiary/aromatic N) is 1. The van der Waals surface area contributed by atoms with Gasteiger partial charge in [-0.15, -0.1) is 0 Å². The zero-order valence-corrected chi connectivity index (χ0v) is 18.4. The molecule has 1 N–H and O–H groups in total. The maximum absolute atomic E-state index is 11.1. The summed E-state index contributed by atoms with van der Waals surface area (Å²) >= 11 is 5.93. The minimum absolute atomic E-state index is 0.183. The Labute approximate surface area is 188 Å². The van der Waals surface area contributed by atoms with Crippen LogP contribution in [0.25, 0.3) is 10.8 Å². The van der Waals surface area contributed by atoms with Crippen LogP contribution < -0.4 is 4.74 Å². The predicted octanol–water partition coefficient (Wildman–Crippen LogP) is 5.80. The zero-order valence-electron chi connectivity index (χ0n) is 17.6. The quantitative estimate of drug-likeness (QED) is 0.452. The maximum atomic E-state index is 11.1. The number of piperidine rings is 1. The molecular formula is C26H28ClNO3. The highest BCUT2D eigenvalue weighted by Crippen LogP contribution is 2.24. The number of aryl methyl sites for hydroxylation is 1. The molecule has 1 heterocycles. The van der Waals surface area contributed by atoms with Crippen LogP contribution in [-0.4, -0.2) is 35.7 Å². The number of hydrogen-bond donors (Lipinski definition) is 1. The Morgan fingerprint density at radius 1 is 0.968 bits per heavy atom. The Bertz CT molecular complexity index is 1030. The molecule has 31 heavy (non-hydrogen) atoms. The number of halogens is 1. The van der Waals surface area contributed by atoms with Crippen molar-refractivity contribution in [3.8, 4) is 5.75 Å². The second-order valence-corrected chi connectivity index (χ2v) is 8.75. The van der Waals surface area contributed by atoms with Crippen LogP contribution in [0.1, 0.15) is 30.4 Å². The number of carboxylic acid groups (broad SMARTS) is 1. The number of ether oxygens (including phenoxy) is 1. The lowest BCUT2D eigenvalue weighted by Crippen LogP contribution is -2.35. The van der Waals surface area contributed by atoms with Crippen molar-refractivity contribution in [2.24, 2.45) is 5.92 Å². The lowest BCUT2D eigenvalue weighted by Gasteiger charge is -2.30. The van der Waals surface area contributed by atoms with E-state index in [2.05, 4.69) is 47.4 Å². The summed E-state index contributed by atoms with van der Waals surface area (Å²) in [7, 11) is 0. The molecule has 4 nitrogen and oxygen atoms in total. The highest BCUT2D eigenvalue weighted by Gasteiger charge is 2.24. The van der Waals surface area contributed by atoms with Gasteiger partial charge >= 0.3 is 5.97 Å². The van der Waals surface area contributed by atoms with Crippen LogP contribution in [0, 0.1) is 5.92 Å². The topological polar surface area (TPSA) is 49.8 Å². The van der Waals surface area contributed by atoms with Crippen molar-refractivity contribution in [2.45, 2.75) is 32.2 Å². The Hall–Kier alpha value is -2.56. The summed E-state index contributed by atoms with van der Waals surface area (Å²) in [6.07, 6.45) is 3.40. The molecule has 1 aliphatic rings. The lowest BCUT2D eigenvalue weighted by molar-refractivity contribution is -0.143. The SMILES string of the molecule is O=C(O)C1CCN(Cc2ccc3cc(OCCCc4ccc(Cl)cc4)ccc3c2)CC1. The molecular weight excluding hydrogens is 410 g/mol. The zero-order chi connectivity index (χ0) is 21.6. The molecule has 3 aromatic rings. The Kier molecular flexibility index (Phi) is 7.10. The molecule has 0 amide bonds. The van der Waals surface area contributed by atoms with E-state index >= 15 is 0 Å². The van der Waals surface area contributed by atoms with Gasteiger partial charge < -0.3 is 9.84 Å². The first-order chi connectivity index (χ1) is 15.1. The molecule has 0 bridgehead atoms. The lowest BCUT2D eigenvalue weighted by atomic mass is 9.96. The molecule has 0 aliphatic carbocycles. The molecule has 4 rings (SSSR count). The number of benzene rings is 3. The third-order valence-corrected chi connectivity index (χ3v) is 6.26. The van der Waals surface area contributed by atoms with Crippen LogP contribution >= 0.6 is 11.6 Å². The molecule has 1 fully saturated rings. The maximum Gasteiger partial charge on any atom is 0.306 e. The van der Waals surface area contributed by atoms with Gasteiger partial charge in [-0.1, -0.05) is 41.9 Å². The van der Waals surface area contributed by atoms with Crippen LogP contribution in [0.15, 0.2) is 60.7 Å². The number of likely N-dealkylation sites (tertiary alicyclic amines) is 1. The average molecular weight is 438 g/mol. The second-order valence-electron chi connectivity index (χ2n) is 8.31. The van der Waals surface area contributed by atoms with E-state index in [1.165, 1.54) is 21.9 Å². The van der Waals surface area contributed by atoms with Gasteiger partial charge in [0.05, 0.1) is 12.5 Å². The second kappa shape index (κ2) is 10.2. The van der Waals surface area contributed by atoms with Gasteiger partial charge in [-0.2, -0.15) is 0 Å². The fraction of sp³-hybridized carbons (Fsp3) is 0.346. The van der Waals surface area contributed by atoms with E-state index < -0.39 is 5.97 Å². The molecule has 1 saturated heterocycles. The van der Waals surface area contributed by atoms with E-state index in [4.69, 9.17) is 21.4 Å². The van der Waals surface area contributed by atoms with Gasteiger partial charge in [0.15, 0.2) is 0 Å². The van der Waals surface area contributed by atoms with E-state index in [0.29, 0.717) is 6.61 Å². The third-order valence-electron chi connectivity index (χ3n) is 6.01. The molecule has 0 radical (unpaired) electrons. The van der Waals surface area contributed by atoms with Crippen molar-refractivity contribution in [1.29, 1.82) is 0 Å². The minimum Gasteiger partial charge on any atom is -0.494 e. The molecule has 5 heteroatoms.